The number of hydrogen-bond donors (Lipinski definition) is 2. The fraction of sp³-hybridized carbons (Fsp3) is 0.625. The third-order valence-electron chi connectivity index (χ3n) is 4.41. The molecular formula is C16H27ClN4OS. The van der Waals surface area contributed by atoms with Crippen molar-refractivity contribution in [2.45, 2.75) is 46.1 Å². The van der Waals surface area contributed by atoms with Gasteiger partial charge in [0.1, 0.15) is 4.83 Å². The quantitative estimate of drug-likeness (QED) is 0.861. The monoisotopic (exact) mass is 358 g/mol. The summed E-state index contributed by atoms with van der Waals surface area (Å²) in [6.07, 6.45) is 0. The van der Waals surface area contributed by atoms with Gasteiger partial charge in [0.2, 0.25) is 0 Å². The predicted molar refractivity (Wildman–Crippen MR) is 99.7 cm³/mol. The molecule has 0 aliphatic rings. The minimum absolute atomic E-state index is 0. The van der Waals surface area contributed by atoms with Crippen LogP contribution in [-0.2, 0) is 7.05 Å². The Balaban J connectivity index is 0.00000264. The molecule has 0 aliphatic heterocycles. The molecule has 0 saturated heterocycles. The van der Waals surface area contributed by atoms with Crippen LogP contribution >= 0.6 is 23.7 Å². The SMILES string of the molecule is CC(C)c1nn(C)c2sc(C(=O)NC(C)(CN)C(C)C)cc12.Cl. The average Bonchev–Trinajstić information content (AvgIpc) is 2.99. The molecule has 3 N–H and O–H groups in total. The summed E-state index contributed by atoms with van der Waals surface area (Å²) in [6.45, 7) is 10.8. The summed E-state index contributed by atoms with van der Waals surface area (Å²) in [5.41, 5.74) is 6.50. The molecule has 0 bridgehead atoms. The lowest BCUT2D eigenvalue weighted by Crippen LogP contribution is -2.54. The third kappa shape index (κ3) is 3.70. The zero-order chi connectivity index (χ0) is 16.7. The summed E-state index contributed by atoms with van der Waals surface area (Å²) in [5, 5.41) is 8.71. The molecule has 0 aliphatic carbocycles. The second kappa shape index (κ2) is 7.20. The maximum absolute atomic E-state index is 12.6. The zero-order valence-electron chi connectivity index (χ0n) is 14.6. The average molecular weight is 359 g/mol. The van der Waals surface area contributed by atoms with E-state index in [9.17, 15) is 4.79 Å². The number of carbonyl (C=O) groups excluding carboxylic acids is 1. The predicted octanol–water partition coefficient (Wildman–Crippen LogP) is 3.28. The first-order valence-corrected chi connectivity index (χ1v) is 8.50. The second-order valence-corrected chi connectivity index (χ2v) is 7.75. The number of amides is 1. The maximum Gasteiger partial charge on any atom is 0.261 e. The number of halogens is 1. The van der Waals surface area contributed by atoms with E-state index in [0.29, 0.717) is 17.3 Å². The van der Waals surface area contributed by atoms with Crippen LogP contribution in [0, 0.1) is 5.92 Å². The lowest BCUT2D eigenvalue weighted by Gasteiger charge is -2.33. The van der Waals surface area contributed by atoms with E-state index in [2.05, 4.69) is 38.1 Å². The van der Waals surface area contributed by atoms with Crippen molar-refractivity contribution in [3.8, 4) is 0 Å². The molecule has 1 unspecified atom stereocenters. The van der Waals surface area contributed by atoms with Crippen LogP contribution in [0.1, 0.15) is 55.9 Å². The van der Waals surface area contributed by atoms with E-state index >= 15 is 0 Å². The number of nitrogens with zero attached hydrogens (tertiary/aromatic N) is 2. The van der Waals surface area contributed by atoms with Gasteiger partial charge in [0.25, 0.3) is 5.91 Å². The lowest BCUT2D eigenvalue weighted by atomic mass is 9.88. The van der Waals surface area contributed by atoms with E-state index in [1.54, 1.807) is 0 Å². The number of nitrogens with one attached hydrogen (secondary N) is 1. The molecule has 5 nitrogen and oxygen atoms in total. The summed E-state index contributed by atoms with van der Waals surface area (Å²) in [5.74, 6) is 0.542. The maximum atomic E-state index is 12.6. The molecule has 1 atom stereocenters. The molecule has 23 heavy (non-hydrogen) atoms. The molecule has 130 valence electrons. The number of carbonyl (C=O) groups is 1. The van der Waals surface area contributed by atoms with Gasteiger partial charge >= 0.3 is 0 Å². The van der Waals surface area contributed by atoms with Gasteiger partial charge in [0.05, 0.1) is 16.1 Å². The fourth-order valence-corrected chi connectivity index (χ4v) is 3.33. The zero-order valence-corrected chi connectivity index (χ0v) is 16.3. The molecule has 0 fully saturated rings. The summed E-state index contributed by atoms with van der Waals surface area (Å²) < 4.78 is 1.86. The van der Waals surface area contributed by atoms with E-state index in [1.165, 1.54) is 11.3 Å². The van der Waals surface area contributed by atoms with Crippen molar-refractivity contribution in [3.63, 3.8) is 0 Å². The lowest BCUT2D eigenvalue weighted by molar-refractivity contribution is 0.0887. The van der Waals surface area contributed by atoms with E-state index < -0.39 is 5.54 Å². The van der Waals surface area contributed by atoms with E-state index in [4.69, 9.17) is 5.73 Å². The van der Waals surface area contributed by atoms with Crippen molar-refractivity contribution >= 4 is 39.9 Å². The summed E-state index contributed by atoms with van der Waals surface area (Å²) in [7, 11) is 1.92. The Morgan fingerprint density at radius 2 is 2.04 bits per heavy atom. The highest BCUT2D eigenvalue weighted by Gasteiger charge is 2.30. The molecule has 0 saturated carbocycles. The van der Waals surface area contributed by atoms with E-state index in [0.717, 1.165) is 15.9 Å². The number of fused-ring (bicyclic) bond motifs is 1. The Bertz CT molecular complexity index is 692. The largest absolute Gasteiger partial charge is 0.345 e. The van der Waals surface area contributed by atoms with Crippen LogP contribution in [0.15, 0.2) is 6.07 Å². The van der Waals surface area contributed by atoms with Crippen molar-refractivity contribution in [2.24, 2.45) is 18.7 Å². The first-order valence-electron chi connectivity index (χ1n) is 7.68. The number of nitrogens with two attached hydrogens (primary N) is 1. The number of hydrogen-bond acceptors (Lipinski definition) is 4. The van der Waals surface area contributed by atoms with Gasteiger partial charge in [-0.25, -0.2) is 0 Å². The molecule has 2 aromatic heterocycles. The molecule has 2 aromatic rings. The van der Waals surface area contributed by atoms with Crippen LogP contribution in [-0.4, -0.2) is 27.8 Å². The molecular weight excluding hydrogens is 332 g/mol. The number of thiophene rings is 1. The summed E-state index contributed by atoms with van der Waals surface area (Å²) in [6, 6.07) is 1.95. The van der Waals surface area contributed by atoms with Crippen LogP contribution in [0.2, 0.25) is 0 Å². The third-order valence-corrected chi connectivity index (χ3v) is 5.61. The van der Waals surface area contributed by atoms with Gasteiger partial charge in [0, 0.05) is 19.0 Å². The first-order chi connectivity index (χ1) is 10.2. The Morgan fingerprint density at radius 1 is 1.43 bits per heavy atom. The Hall–Kier alpha value is -1.11. The molecule has 0 radical (unpaired) electrons. The normalized spacial score (nSPS) is 14.1. The standard InChI is InChI=1S/C16H26N4OS.ClH/c1-9(2)13-11-7-12(22-15(11)20(6)19-13)14(21)18-16(5,8-17)10(3)4;/h7,9-10H,8,17H2,1-6H3,(H,18,21);1H. The van der Waals surface area contributed by atoms with Gasteiger partial charge in [-0.2, -0.15) is 5.10 Å². The van der Waals surface area contributed by atoms with Crippen LogP contribution < -0.4 is 11.1 Å². The van der Waals surface area contributed by atoms with Crippen molar-refractivity contribution in [3.05, 3.63) is 16.6 Å². The van der Waals surface area contributed by atoms with Gasteiger partial charge in [-0.05, 0) is 24.8 Å². The minimum atomic E-state index is -0.396. The van der Waals surface area contributed by atoms with Gasteiger partial charge in [0.15, 0.2) is 0 Å². The number of rotatable bonds is 5. The van der Waals surface area contributed by atoms with Crippen LogP contribution in [0.25, 0.3) is 10.2 Å². The molecule has 0 aromatic carbocycles. The van der Waals surface area contributed by atoms with Gasteiger partial charge in [-0.3, -0.25) is 9.48 Å². The fourth-order valence-electron chi connectivity index (χ4n) is 2.36. The van der Waals surface area contributed by atoms with Crippen molar-refractivity contribution in [1.29, 1.82) is 0 Å². The van der Waals surface area contributed by atoms with Crippen molar-refractivity contribution in [2.75, 3.05) is 6.54 Å². The van der Waals surface area contributed by atoms with Crippen LogP contribution in [0.4, 0.5) is 0 Å². The van der Waals surface area contributed by atoms with Gasteiger partial charge in [-0.15, -0.1) is 23.7 Å². The highest BCUT2D eigenvalue weighted by molar-refractivity contribution is 7.20. The summed E-state index contributed by atoms with van der Waals surface area (Å²) >= 11 is 1.48. The number of aryl methyl sites for hydroxylation is 1. The molecule has 0 spiro atoms. The molecule has 2 rings (SSSR count). The highest BCUT2D eigenvalue weighted by atomic mass is 35.5. The van der Waals surface area contributed by atoms with Crippen molar-refractivity contribution in [1.82, 2.24) is 15.1 Å². The van der Waals surface area contributed by atoms with E-state index in [1.807, 2.05) is 24.7 Å². The summed E-state index contributed by atoms with van der Waals surface area (Å²) in [4.78, 5) is 14.3. The van der Waals surface area contributed by atoms with Crippen molar-refractivity contribution < 1.29 is 4.79 Å². The second-order valence-electron chi connectivity index (χ2n) is 6.72. The topological polar surface area (TPSA) is 72.9 Å². The Kier molecular flexibility index (Phi) is 6.24. The molecule has 1 amide bonds. The van der Waals surface area contributed by atoms with Gasteiger partial charge < -0.3 is 11.1 Å². The van der Waals surface area contributed by atoms with Gasteiger partial charge in [-0.1, -0.05) is 27.7 Å². The number of aromatic nitrogens is 2. The molecule has 2 heterocycles. The smallest absolute Gasteiger partial charge is 0.261 e. The van der Waals surface area contributed by atoms with E-state index in [-0.39, 0.29) is 24.2 Å². The minimum Gasteiger partial charge on any atom is -0.345 e. The Morgan fingerprint density at radius 3 is 2.52 bits per heavy atom. The van der Waals surface area contributed by atoms with Crippen LogP contribution in [0.5, 0.6) is 0 Å². The highest BCUT2D eigenvalue weighted by Crippen LogP contribution is 2.31. The first kappa shape index (κ1) is 19.9. The van der Waals surface area contributed by atoms with Crippen LogP contribution in [0.3, 0.4) is 0 Å². The Labute approximate surface area is 148 Å². The molecule has 7 heteroatoms.